The molecule has 0 spiro atoms. The predicted octanol–water partition coefficient (Wildman–Crippen LogP) is 2.42. The summed E-state index contributed by atoms with van der Waals surface area (Å²) in [6.07, 6.45) is 5.11. The first-order chi connectivity index (χ1) is 8.47. The van der Waals surface area contributed by atoms with Crippen LogP contribution in [0.25, 0.3) is 0 Å². The van der Waals surface area contributed by atoms with E-state index in [4.69, 9.17) is 0 Å². The fraction of sp³-hybridized carbons (Fsp3) is 0.714. The van der Waals surface area contributed by atoms with Gasteiger partial charge in [-0.3, -0.25) is 4.79 Å². The molecule has 0 bridgehead atoms. The van der Waals surface area contributed by atoms with Gasteiger partial charge in [0.25, 0.3) is 5.56 Å². The Bertz CT molecular complexity index is 447. The van der Waals surface area contributed by atoms with Gasteiger partial charge in [0.05, 0.1) is 6.33 Å². The van der Waals surface area contributed by atoms with E-state index in [1.165, 1.54) is 25.6 Å². The second kappa shape index (κ2) is 5.12. The minimum atomic E-state index is -0.0726. The number of hydrogen-bond donors (Lipinski definition) is 1. The SMILES string of the molecule is CC(C)(C)C1CCCN(c2cc(=O)[nH]cn2)CC1. The average Bonchev–Trinajstić information content (AvgIpc) is 2.53. The van der Waals surface area contributed by atoms with E-state index in [0.29, 0.717) is 5.41 Å². The summed E-state index contributed by atoms with van der Waals surface area (Å²) in [5, 5.41) is 0. The third-order valence-corrected chi connectivity index (χ3v) is 3.94. The normalized spacial score (nSPS) is 21.7. The van der Waals surface area contributed by atoms with E-state index in [9.17, 15) is 4.79 Å². The van der Waals surface area contributed by atoms with E-state index < -0.39 is 0 Å². The largest absolute Gasteiger partial charge is 0.356 e. The summed E-state index contributed by atoms with van der Waals surface area (Å²) in [4.78, 5) is 20.4. The van der Waals surface area contributed by atoms with Crippen molar-refractivity contribution in [3.8, 4) is 0 Å². The van der Waals surface area contributed by atoms with Gasteiger partial charge >= 0.3 is 0 Å². The van der Waals surface area contributed by atoms with Crippen molar-refractivity contribution in [2.24, 2.45) is 11.3 Å². The number of aromatic amines is 1. The third-order valence-electron chi connectivity index (χ3n) is 3.94. The molecule has 0 radical (unpaired) electrons. The molecule has 0 saturated carbocycles. The number of nitrogens with zero attached hydrogens (tertiary/aromatic N) is 2. The van der Waals surface area contributed by atoms with Gasteiger partial charge < -0.3 is 9.88 Å². The van der Waals surface area contributed by atoms with Crippen LogP contribution in [0.2, 0.25) is 0 Å². The van der Waals surface area contributed by atoms with Gasteiger partial charge in [0.2, 0.25) is 0 Å². The molecule has 1 aliphatic heterocycles. The number of hydrogen-bond acceptors (Lipinski definition) is 3. The van der Waals surface area contributed by atoms with Crippen molar-refractivity contribution in [2.75, 3.05) is 18.0 Å². The maximum Gasteiger partial charge on any atom is 0.252 e. The summed E-state index contributed by atoms with van der Waals surface area (Å²) in [5.41, 5.74) is 0.300. The molecular formula is C14H23N3O. The molecule has 1 fully saturated rings. The van der Waals surface area contributed by atoms with Crippen molar-refractivity contribution in [1.29, 1.82) is 0 Å². The van der Waals surface area contributed by atoms with Gasteiger partial charge in [0.1, 0.15) is 5.82 Å². The molecule has 0 aliphatic carbocycles. The van der Waals surface area contributed by atoms with Crippen molar-refractivity contribution in [2.45, 2.75) is 40.0 Å². The van der Waals surface area contributed by atoms with E-state index in [1.54, 1.807) is 6.07 Å². The second-order valence-electron chi connectivity index (χ2n) is 6.25. The van der Waals surface area contributed by atoms with Gasteiger partial charge in [-0.2, -0.15) is 0 Å². The Balaban J connectivity index is 2.08. The summed E-state index contributed by atoms with van der Waals surface area (Å²) in [6, 6.07) is 1.59. The molecule has 1 unspecified atom stereocenters. The Labute approximate surface area is 108 Å². The maximum absolute atomic E-state index is 11.3. The molecule has 1 atom stereocenters. The second-order valence-corrected chi connectivity index (χ2v) is 6.25. The molecular weight excluding hydrogens is 226 g/mol. The maximum atomic E-state index is 11.3. The van der Waals surface area contributed by atoms with Crippen molar-refractivity contribution in [1.82, 2.24) is 9.97 Å². The molecule has 4 heteroatoms. The number of rotatable bonds is 1. The molecule has 4 nitrogen and oxygen atoms in total. The minimum absolute atomic E-state index is 0.0726. The fourth-order valence-electron chi connectivity index (χ4n) is 2.72. The first-order valence-corrected chi connectivity index (χ1v) is 6.76. The molecule has 1 saturated heterocycles. The van der Waals surface area contributed by atoms with Gasteiger partial charge in [0, 0.05) is 19.2 Å². The van der Waals surface area contributed by atoms with E-state index in [2.05, 4.69) is 35.6 Å². The quantitative estimate of drug-likeness (QED) is 0.831. The van der Waals surface area contributed by atoms with Gasteiger partial charge in [-0.15, -0.1) is 0 Å². The van der Waals surface area contributed by atoms with Gasteiger partial charge in [0.15, 0.2) is 0 Å². The van der Waals surface area contributed by atoms with Crippen LogP contribution in [-0.2, 0) is 0 Å². The topological polar surface area (TPSA) is 49.0 Å². The highest BCUT2D eigenvalue weighted by molar-refractivity contribution is 5.36. The minimum Gasteiger partial charge on any atom is -0.356 e. The summed E-state index contributed by atoms with van der Waals surface area (Å²) in [6.45, 7) is 8.96. The zero-order valence-corrected chi connectivity index (χ0v) is 11.6. The number of nitrogens with one attached hydrogen (secondary N) is 1. The van der Waals surface area contributed by atoms with Crippen LogP contribution in [0.4, 0.5) is 5.82 Å². The lowest BCUT2D eigenvalue weighted by molar-refractivity contribution is 0.220. The summed E-state index contributed by atoms with van der Waals surface area (Å²) >= 11 is 0. The summed E-state index contributed by atoms with van der Waals surface area (Å²) in [5.74, 6) is 1.57. The molecule has 0 aromatic carbocycles. The highest BCUT2D eigenvalue weighted by Crippen LogP contribution is 2.34. The van der Waals surface area contributed by atoms with E-state index in [1.807, 2.05) is 0 Å². The molecule has 1 N–H and O–H groups in total. The zero-order chi connectivity index (χ0) is 13.2. The standard InChI is InChI=1S/C14H23N3O/c1-14(2,3)11-5-4-7-17(8-6-11)12-9-13(18)16-10-15-12/h9-11H,4-8H2,1-3H3,(H,15,16,18). The van der Waals surface area contributed by atoms with Crippen molar-refractivity contribution in [3.05, 3.63) is 22.7 Å². The lowest BCUT2D eigenvalue weighted by Gasteiger charge is -2.29. The van der Waals surface area contributed by atoms with Crippen LogP contribution in [-0.4, -0.2) is 23.1 Å². The van der Waals surface area contributed by atoms with E-state index in [-0.39, 0.29) is 5.56 Å². The first kappa shape index (κ1) is 13.1. The van der Waals surface area contributed by atoms with Gasteiger partial charge in [-0.1, -0.05) is 20.8 Å². The zero-order valence-electron chi connectivity index (χ0n) is 11.6. The number of anilines is 1. The van der Waals surface area contributed by atoms with E-state index in [0.717, 1.165) is 24.8 Å². The highest BCUT2D eigenvalue weighted by Gasteiger charge is 2.27. The Hall–Kier alpha value is -1.32. The van der Waals surface area contributed by atoms with Crippen LogP contribution in [0.1, 0.15) is 40.0 Å². The van der Waals surface area contributed by atoms with Crippen molar-refractivity contribution in [3.63, 3.8) is 0 Å². The molecule has 2 rings (SSSR count). The van der Waals surface area contributed by atoms with Gasteiger partial charge in [-0.05, 0) is 30.6 Å². The molecule has 2 heterocycles. The lowest BCUT2D eigenvalue weighted by atomic mass is 9.77. The van der Waals surface area contributed by atoms with Crippen LogP contribution in [0, 0.1) is 11.3 Å². The first-order valence-electron chi connectivity index (χ1n) is 6.76. The molecule has 1 aromatic heterocycles. The molecule has 1 aromatic rings. The highest BCUT2D eigenvalue weighted by atomic mass is 16.1. The Morgan fingerprint density at radius 3 is 2.78 bits per heavy atom. The summed E-state index contributed by atoms with van der Waals surface area (Å²) < 4.78 is 0. The average molecular weight is 249 g/mol. The smallest absolute Gasteiger partial charge is 0.252 e. The van der Waals surface area contributed by atoms with Crippen LogP contribution >= 0.6 is 0 Å². The van der Waals surface area contributed by atoms with E-state index >= 15 is 0 Å². The Kier molecular flexibility index (Phi) is 3.73. The van der Waals surface area contributed by atoms with Crippen LogP contribution < -0.4 is 10.5 Å². The predicted molar refractivity (Wildman–Crippen MR) is 73.9 cm³/mol. The number of aromatic nitrogens is 2. The van der Waals surface area contributed by atoms with Crippen LogP contribution in [0.3, 0.4) is 0 Å². The number of H-pyrrole nitrogens is 1. The monoisotopic (exact) mass is 249 g/mol. The van der Waals surface area contributed by atoms with Crippen LogP contribution in [0.5, 0.6) is 0 Å². The van der Waals surface area contributed by atoms with Crippen LogP contribution in [0.15, 0.2) is 17.2 Å². The lowest BCUT2D eigenvalue weighted by Crippen LogP contribution is -2.27. The third kappa shape index (κ3) is 3.12. The van der Waals surface area contributed by atoms with Crippen molar-refractivity contribution < 1.29 is 0 Å². The summed E-state index contributed by atoms with van der Waals surface area (Å²) in [7, 11) is 0. The molecule has 1 aliphatic rings. The van der Waals surface area contributed by atoms with Gasteiger partial charge in [-0.25, -0.2) is 4.98 Å². The molecule has 0 amide bonds. The Morgan fingerprint density at radius 2 is 2.11 bits per heavy atom. The van der Waals surface area contributed by atoms with Crippen molar-refractivity contribution >= 4 is 5.82 Å². The molecule has 18 heavy (non-hydrogen) atoms. The fourth-order valence-corrected chi connectivity index (χ4v) is 2.72. The Morgan fingerprint density at radius 1 is 1.33 bits per heavy atom. The molecule has 100 valence electrons.